The lowest BCUT2D eigenvalue weighted by Gasteiger charge is -2.02. The van der Waals surface area contributed by atoms with E-state index in [0.29, 0.717) is 28.5 Å². The Bertz CT molecular complexity index is 1100. The molecule has 0 unspecified atom stereocenters. The van der Waals surface area contributed by atoms with E-state index in [1.165, 1.54) is 0 Å². The average molecular weight is 326 g/mol. The first-order chi connectivity index (χ1) is 12.3. The molecule has 0 saturated carbocycles. The standard InChI is InChI=1S/C20H14N4O/c1-2-13-7-8-15(12-21)17(11-13)20-23-19(24-25-20)18-16-6-4-3-5-14(16)9-10-22-18/h3-11H,2H2,1H3. The molecule has 25 heavy (non-hydrogen) atoms. The molecule has 0 N–H and O–H groups in total. The number of benzene rings is 2. The number of nitriles is 1. The quantitative estimate of drug-likeness (QED) is 0.558. The second-order valence-electron chi connectivity index (χ2n) is 5.65. The number of pyridine rings is 1. The Hall–Kier alpha value is -3.52. The third kappa shape index (κ3) is 2.64. The molecule has 0 aliphatic heterocycles. The van der Waals surface area contributed by atoms with Crippen LogP contribution >= 0.6 is 0 Å². The van der Waals surface area contributed by atoms with Crippen LogP contribution in [-0.4, -0.2) is 15.1 Å². The molecule has 5 heteroatoms. The normalized spacial score (nSPS) is 10.7. The SMILES string of the molecule is CCc1ccc(C#N)c(-c2nc(-c3nccc4ccccc34)no2)c1. The summed E-state index contributed by atoms with van der Waals surface area (Å²) in [6, 6.07) is 17.7. The number of nitrogens with zero attached hydrogens (tertiary/aromatic N) is 4. The minimum Gasteiger partial charge on any atom is -0.334 e. The van der Waals surface area contributed by atoms with E-state index in [9.17, 15) is 5.26 Å². The molecule has 0 bridgehead atoms. The molecule has 0 radical (unpaired) electrons. The molecule has 0 amide bonds. The van der Waals surface area contributed by atoms with Crippen LogP contribution in [0.2, 0.25) is 0 Å². The summed E-state index contributed by atoms with van der Waals surface area (Å²) in [7, 11) is 0. The molecular weight excluding hydrogens is 312 g/mol. The molecule has 0 aliphatic carbocycles. The molecule has 2 aromatic heterocycles. The van der Waals surface area contributed by atoms with E-state index in [1.54, 1.807) is 12.3 Å². The first kappa shape index (κ1) is 15.0. The predicted molar refractivity (Wildman–Crippen MR) is 94.6 cm³/mol. The Balaban J connectivity index is 1.85. The number of hydrogen-bond acceptors (Lipinski definition) is 5. The van der Waals surface area contributed by atoms with Gasteiger partial charge in [0.05, 0.1) is 17.2 Å². The highest BCUT2D eigenvalue weighted by Gasteiger charge is 2.17. The van der Waals surface area contributed by atoms with Gasteiger partial charge in [0, 0.05) is 11.6 Å². The zero-order valence-electron chi connectivity index (χ0n) is 13.6. The van der Waals surface area contributed by atoms with Crippen molar-refractivity contribution in [1.82, 2.24) is 15.1 Å². The highest BCUT2D eigenvalue weighted by Crippen LogP contribution is 2.28. The summed E-state index contributed by atoms with van der Waals surface area (Å²) in [5.74, 6) is 0.745. The smallest absolute Gasteiger partial charge is 0.259 e. The summed E-state index contributed by atoms with van der Waals surface area (Å²) in [5, 5.41) is 15.5. The Morgan fingerprint density at radius 2 is 2.00 bits per heavy atom. The monoisotopic (exact) mass is 326 g/mol. The van der Waals surface area contributed by atoms with Gasteiger partial charge in [-0.15, -0.1) is 0 Å². The largest absolute Gasteiger partial charge is 0.334 e. The first-order valence-electron chi connectivity index (χ1n) is 8.01. The molecule has 0 saturated heterocycles. The van der Waals surface area contributed by atoms with Crippen molar-refractivity contribution in [2.24, 2.45) is 0 Å². The zero-order chi connectivity index (χ0) is 17.2. The zero-order valence-corrected chi connectivity index (χ0v) is 13.6. The number of fused-ring (bicyclic) bond motifs is 1. The number of aryl methyl sites for hydroxylation is 1. The van der Waals surface area contributed by atoms with Crippen molar-refractivity contribution in [2.45, 2.75) is 13.3 Å². The topological polar surface area (TPSA) is 75.6 Å². The maximum atomic E-state index is 9.36. The van der Waals surface area contributed by atoms with Gasteiger partial charge in [-0.1, -0.05) is 42.4 Å². The summed E-state index contributed by atoms with van der Waals surface area (Å²) in [5.41, 5.74) is 2.94. The lowest BCUT2D eigenvalue weighted by Crippen LogP contribution is -1.90. The van der Waals surface area contributed by atoms with Gasteiger partial charge < -0.3 is 4.52 Å². The fourth-order valence-electron chi connectivity index (χ4n) is 2.81. The average Bonchev–Trinajstić information content (AvgIpc) is 3.16. The first-order valence-corrected chi connectivity index (χ1v) is 8.01. The minimum atomic E-state index is 0.330. The van der Waals surface area contributed by atoms with Crippen LogP contribution < -0.4 is 0 Å². The third-order valence-electron chi connectivity index (χ3n) is 4.15. The minimum absolute atomic E-state index is 0.330. The van der Waals surface area contributed by atoms with E-state index >= 15 is 0 Å². The summed E-state index contributed by atoms with van der Waals surface area (Å²) in [6.45, 7) is 2.06. The number of hydrogen-bond donors (Lipinski definition) is 0. The van der Waals surface area contributed by atoms with Crippen LogP contribution in [0.1, 0.15) is 18.1 Å². The van der Waals surface area contributed by atoms with Gasteiger partial charge in [0.2, 0.25) is 5.82 Å². The Kier molecular flexibility index (Phi) is 3.71. The third-order valence-corrected chi connectivity index (χ3v) is 4.15. The van der Waals surface area contributed by atoms with Gasteiger partial charge in [-0.05, 0) is 35.6 Å². The molecule has 0 atom stereocenters. The molecule has 2 aromatic carbocycles. The summed E-state index contributed by atoms with van der Waals surface area (Å²) in [4.78, 5) is 8.90. The van der Waals surface area contributed by atoms with E-state index in [2.05, 4.69) is 28.1 Å². The molecule has 0 aliphatic rings. The molecule has 0 spiro atoms. The predicted octanol–water partition coefficient (Wildman–Crippen LogP) is 4.39. The summed E-state index contributed by atoms with van der Waals surface area (Å²) >= 11 is 0. The number of aromatic nitrogens is 3. The van der Waals surface area contributed by atoms with Gasteiger partial charge in [-0.25, -0.2) is 0 Å². The highest BCUT2D eigenvalue weighted by atomic mass is 16.5. The Morgan fingerprint density at radius 3 is 2.84 bits per heavy atom. The second-order valence-corrected chi connectivity index (χ2v) is 5.65. The van der Waals surface area contributed by atoms with Crippen LogP contribution in [-0.2, 0) is 6.42 Å². The van der Waals surface area contributed by atoms with E-state index < -0.39 is 0 Å². The molecule has 0 fully saturated rings. The van der Waals surface area contributed by atoms with Crippen molar-refractivity contribution in [1.29, 1.82) is 5.26 Å². The molecular formula is C20H14N4O. The van der Waals surface area contributed by atoms with Crippen molar-refractivity contribution in [3.8, 4) is 29.0 Å². The van der Waals surface area contributed by atoms with Crippen molar-refractivity contribution >= 4 is 10.8 Å². The summed E-state index contributed by atoms with van der Waals surface area (Å²) < 4.78 is 5.44. The van der Waals surface area contributed by atoms with Gasteiger partial charge in [0.15, 0.2) is 0 Å². The van der Waals surface area contributed by atoms with Crippen molar-refractivity contribution in [2.75, 3.05) is 0 Å². The fraction of sp³-hybridized carbons (Fsp3) is 0.100. The van der Waals surface area contributed by atoms with Crippen molar-refractivity contribution in [3.63, 3.8) is 0 Å². The van der Waals surface area contributed by atoms with Crippen LogP contribution in [0.15, 0.2) is 59.3 Å². The lowest BCUT2D eigenvalue weighted by molar-refractivity contribution is 0.432. The lowest BCUT2D eigenvalue weighted by atomic mass is 10.0. The second kappa shape index (κ2) is 6.17. The van der Waals surface area contributed by atoms with Gasteiger partial charge >= 0.3 is 0 Å². The number of rotatable bonds is 3. The highest BCUT2D eigenvalue weighted by molar-refractivity contribution is 5.92. The molecule has 2 heterocycles. The maximum Gasteiger partial charge on any atom is 0.259 e. The fourth-order valence-corrected chi connectivity index (χ4v) is 2.81. The van der Waals surface area contributed by atoms with Crippen molar-refractivity contribution in [3.05, 3.63) is 65.9 Å². The Morgan fingerprint density at radius 1 is 1.12 bits per heavy atom. The van der Waals surface area contributed by atoms with Crippen LogP contribution in [0.25, 0.3) is 33.7 Å². The van der Waals surface area contributed by atoms with Crippen molar-refractivity contribution < 1.29 is 4.52 Å². The molecule has 120 valence electrons. The van der Waals surface area contributed by atoms with Crippen LogP contribution in [0.4, 0.5) is 0 Å². The van der Waals surface area contributed by atoms with Gasteiger partial charge in [-0.3, -0.25) is 4.98 Å². The van der Waals surface area contributed by atoms with Crippen LogP contribution in [0, 0.1) is 11.3 Å². The molecule has 5 nitrogen and oxygen atoms in total. The maximum absolute atomic E-state index is 9.36. The van der Waals surface area contributed by atoms with E-state index in [4.69, 9.17) is 4.52 Å². The Labute approximate surface area is 144 Å². The van der Waals surface area contributed by atoms with Gasteiger partial charge in [0.1, 0.15) is 5.69 Å². The van der Waals surface area contributed by atoms with E-state index in [1.807, 2.05) is 42.5 Å². The van der Waals surface area contributed by atoms with Gasteiger partial charge in [0.25, 0.3) is 5.89 Å². The van der Waals surface area contributed by atoms with Gasteiger partial charge in [-0.2, -0.15) is 10.2 Å². The van der Waals surface area contributed by atoms with Crippen LogP contribution in [0.5, 0.6) is 0 Å². The molecule has 4 aromatic rings. The molecule has 4 rings (SSSR count). The van der Waals surface area contributed by atoms with E-state index in [0.717, 1.165) is 22.8 Å². The van der Waals surface area contributed by atoms with Crippen LogP contribution in [0.3, 0.4) is 0 Å². The summed E-state index contributed by atoms with van der Waals surface area (Å²) in [6.07, 6.45) is 2.59. The van der Waals surface area contributed by atoms with E-state index in [-0.39, 0.29) is 0 Å².